The summed E-state index contributed by atoms with van der Waals surface area (Å²) in [5.41, 5.74) is 1.81. The van der Waals surface area contributed by atoms with Crippen LogP contribution in [0.3, 0.4) is 0 Å². The summed E-state index contributed by atoms with van der Waals surface area (Å²) in [6.45, 7) is 0. The van der Waals surface area contributed by atoms with Gasteiger partial charge in [0.05, 0.1) is 18.1 Å². The lowest BCUT2D eigenvalue weighted by Gasteiger charge is -2.06. The van der Waals surface area contributed by atoms with E-state index >= 15 is 0 Å². The molecule has 0 fully saturated rings. The Bertz CT molecular complexity index is 1530. The molecular weight excluding hydrogens is 476 g/mol. The van der Waals surface area contributed by atoms with E-state index in [1.165, 1.54) is 19.4 Å². The van der Waals surface area contributed by atoms with E-state index in [9.17, 15) is 9.59 Å². The zero-order valence-corrected chi connectivity index (χ0v) is 18.3. The fourth-order valence-electron chi connectivity index (χ4n) is 3.46. The van der Waals surface area contributed by atoms with Crippen molar-refractivity contribution in [2.24, 2.45) is 0 Å². The summed E-state index contributed by atoms with van der Waals surface area (Å²) in [5.74, 6) is 0.123. The molecule has 0 aliphatic heterocycles. The Kier molecular flexibility index (Phi) is 5.03. The first kappa shape index (κ1) is 20.1. The van der Waals surface area contributed by atoms with E-state index in [-0.39, 0.29) is 16.9 Å². The van der Waals surface area contributed by atoms with E-state index in [4.69, 9.17) is 18.3 Å². The zero-order valence-electron chi connectivity index (χ0n) is 16.8. The molecule has 0 N–H and O–H groups in total. The Hall–Kier alpha value is -3.84. The van der Waals surface area contributed by atoms with E-state index in [0.717, 1.165) is 15.4 Å². The number of benzene rings is 3. The average molecular weight is 491 g/mol. The molecule has 0 spiro atoms. The summed E-state index contributed by atoms with van der Waals surface area (Å²) < 4.78 is 22.9. The number of hydrogen-bond acceptors (Lipinski definition) is 6. The first-order chi connectivity index (χ1) is 15.5. The number of para-hydroxylation sites is 1. The molecule has 0 radical (unpaired) electrons. The van der Waals surface area contributed by atoms with Gasteiger partial charge in [-0.05, 0) is 42.0 Å². The van der Waals surface area contributed by atoms with E-state index in [1.54, 1.807) is 30.3 Å². The molecule has 2 heterocycles. The van der Waals surface area contributed by atoms with Crippen LogP contribution in [0.1, 0.15) is 10.6 Å². The Morgan fingerprint density at radius 1 is 1.00 bits per heavy atom. The molecule has 2 aromatic heterocycles. The fraction of sp³-hybridized carbons (Fsp3) is 0.0400. The van der Waals surface area contributed by atoms with Gasteiger partial charge in [-0.2, -0.15) is 0 Å². The van der Waals surface area contributed by atoms with Crippen LogP contribution in [-0.2, 0) is 0 Å². The Morgan fingerprint density at radius 2 is 1.81 bits per heavy atom. The molecule has 32 heavy (non-hydrogen) atoms. The average Bonchev–Trinajstić information content (AvgIpc) is 3.25. The maximum Gasteiger partial charge on any atom is 0.379 e. The molecule has 5 rings (SSSR count). The molecule has 0 atom stereocenters. The summed E-state index contributed by atoms with van der Waals surface area (Å²) in [6.07, 6.45) is 1.41. The van der Waals surface area contributed by atoms with E-state index in [2.05, 4.69) is 15.9 Å². The monoisotopic (exact) mass is 490 g/mol. The molecular formula is C25H15BrO6. The van der Waals surface area contributed by atoms with E-state index in [0.29, 0.717) is 27.9 Å². The first-order valence-electron chi connectivity index (χ1n) is 9.64. The second-order valence-electron chi connectivity index (χ2n) is 7.02. The van der Waals surface area contributed by atoms with Gasteiger partial charge in [0.25, 0.3) is 0 Å². The quantitative estimate of drug-likeness (QED) is 0.220. The number of carbonyl (C=O) groups is 1. The topological polar surface area (TPSA) is 78.9 Å². The van der Waals surface area contributed by atoms with Crippen molar-refractivity contribution >= 4 is 43.8 Å². The SMILES string of the molecule is COc1cccc2cc(C(=O)Oc3ccc4c(=O)c(-c5ccc(Br)cc5)coc4c3)oc12. The minimum absolute atomic E-state index is 0.0386. The van der Waals surface area contributed by atoms with Gasteiger partial charge in [-0.3, -0.25) is 4.79 Å². The number of fused-ring (bicyclic) bond motifs is 2. The highest BCUT2D eigenvalue weighted by atomic mass is 79.9. The van der Waals surface area contributed by atoms with E-state index in [1.807, 2.05) is 30.3 Å². The van der Waals surface area contributed by atoms with Crippen LogP contribution in [-0.4, -0.2) is 13.1 Å². The lowest BCUT2D eigenvalue weighted by Crippen LogP contribution is -2.08. The molecule has 7 heteroatoms. The van der Waals surface area contributed by atoms with Gasteiger partial charge in [0, 0.05) is 15.9 Å². The normalized spacial score (nSPS) is 11.1. The highest BCUT2D eigenvalue weighted by Crippen LogP contribution is 2.29. The summed E-state index contributed by atoms with van der Waals surface area (Å²) in [7, 11) is 1.53. The summed E-state index contributed by atoms with van der Waals surface area (Å²) >= 11 is 3.38. The third-order valence-corrected chi connectivity index (χ3v) is 5.57. The number of carbonyl (C=O) groups excluding carboxylic acids is 1. The fourth-order valence-corrected chi connectivity index (χ4v) is 3.72. The van der Waals surface area contributed by atoms with Crippen molar-refractivity contribution in [1.82, 2.24) is 0 Å². The minimum atomic E-state index is -0.670. The largest absolute Gasteiger partial charge is 0.493 e. The van der Waals surface area contributed by atoms with Crippen LogP contribution >= 0.6 is 15.9 Å². The standard InChI is InChI=1S/C25H15BrO6/c1-29-20-4-2-3-15-11-22(32-24(15)20)25(28)31-17-9-10-18-21(12-17)30-13-19(23(18)27)14-5-7-16(26)8-6-14/h2-13H,1H3. The number of rotatable bonds is 4. The molecule has 3 aromatic carbocycles. The Morgan fingerprint density at radius 3 is 2.59 bits per heavy atom. The van der Waals surface area contributed by atoms with E-state index < -0.39 is 5.97 Å². The number of halogens is 1. The predicted molar refractivity (Wildman–Crippen MR) is 123 cm³/mol. The van der Waals surface area contributed by atoms with Crippen LogP contribution < -0.4 is 14.9 Å². The van der Waals surface area contributed by atoms with Crippen molar-refractivity contribution < 1.29 is 23.1 Å². The Labute approximate surface area is 190 Å². The third-order valence-electron chi connectivity index (χ3n) is 5.04. The maximum atomic E-state index is 12.9. The van der Waals surface area contributed by atoms with Gasteiger partial charge in [0.2, 0.25) is 5.76 Å². The smallest absolute Gasteiger partial charge is 0.379 e. The highest BCUT2D eigenvalue weighted by molar-refractivity contribution is 9.10. The third kappa shape index (κ3) is 3.56. The number of hydrogen-bond donors (Lipinski definition) is 0. The number of methoxy groups -OCH3 is 1. The molecule has 0 aliphatic carbocycles. The summed E-state index contributed by atoms with van der Waals surface area (Å²) in [5, 5.41) is 1.11. The van der Waals surface area contributed by atoms with Crippen molar-refractivity contribution in [1.29, 1.82) is 0 Å². The number of esters is 1. The molecule has 0 aliphatic rings. The number of ether oxygens (including phenoxy) is 2. The second kappa shape index (κ2) is 8.01. The molecule has 5 aromatic rings. The van der Waals surface area contributed by atoms with Gasteiger partial charge in [0.15, 0.2) is 16.8 Å². The lowest BCUT2D eigenvalue weighted by molar-refractivity contribution is 0.0704. The molecule has 158 valence electrons. The highest BCUT2D eigenvalue weighted by Gasteiger charge is 2.18. The van der Waals surface area contributed by atoms with Gasteiger partial charge in [-0.1, -0.05) is 40.2 Å². The number of furan rings is 1. The van der Waals surface area contributed by atoms with Gasteiger partial charge < -0.3 is 18.3 Å². The zero-order chi connectivity index (χ0) is 22.2. The minimum Gasteiger partial charge on any atom is -0.493 e. The van der Waals surface area contributed by atoms with Gasteiger partial charge >= 0.3 is 5.97 Å². The van der Waals surface area contributed by atoms with Crippen molar-refractivity contribution in [2.75, 3.05) is 7.11 Å². The van der Waals surface area contributed by atoms with Crippen LogP contribution in [0.4, 0.5) is 0 Å². The molecule has 6 nitrogen and oxygen atoms in total. The Balaban J connectivity index is 1.45. The molecule has 0 unspecified atom stereocenters. The van der Waals surface area contributed by atoms with Crippen molar-refractivity contribution in [3.05, 3.63) is 93.4 Å². The van der Waals surface area contributed by atoms with Crippen LogP contribution in [0.2, 0.25) is 0 Å². The lowest BCUT2D eigenvalue weighted by atomic mass is 10.1. The van der Waals surface area contributed by atoms with Crippen molar-refractivity contribution in [2.45, 2.75) is 0 Å². The summed E-state index contributed by atoms with van der Waals surface area (Å²) in [4.78, 5) is 25.5. The van der Waals surface area contributed by atoms with Crippen LogP contribution in [0.25, 0.3) is 33.1 Å². The first-order valence-corrected chi connectivity index (χ1v) is 10.4. The van der Waals surface area contributed by atoms with Gasteiger partial charge in [0.1, 0.15) is 17.6 Å². The van der Waals surface area contributed by atoms with Crippen LogP contribution in [0.15, 0.2) is 91.1 Å². The molecule has 0 amide bonds. The predicted octanol–water partition coefficient (Wildman–Crippen LogP) is 6.20. The van der Waals surface area contributed by atoms with Crippen molar-refractivity contribution in [3.63, 3.8) is 0 Å². The maximum absolute atomic E-state index is 12.9. The molecule has 0 bridgehead atoms. The van der Waals surface area contributed by atoms with Crippen LogP contribution in [0.5, 0.6) is 11.5 Å². The second-order valence-corrected chi connectivity index (χ2v) is 7.94. The van der Waals surface area contributed by atoms with Gasteiger partial charge in [-0.25, -0.2) is 4.79 Å². The molecule has 0 saturated heterocycles. The summed E-state index contributed by atoms with van der Waals surface area (Å²) in [6, 6.07) is 19.0. The van der Waals surface area contributed by atoms with Gasteiger partial charge in [-0.15, -0.1) is 0 Å². The van der Waals surface area contributed by atoms with Crippen LogP contribution in [0, 0.1) is 0 Å². The molecule has 0 saturated carbocycles. The van der Waals surface area contributed by atoms with Crippen molar-refractivity contribution in [3.8, 4) is 22.6 Å².